The minimum absolute atomic E-state index is 0.0991. The molecule has 0 atom stereocenters. The Bertz CT molecular complexity index is 539. The van der Waals surface area contributed by atoms with Crippen molar-refractivity contribution in [3.8, 4) is 5.75 Å². The van der Waals surface area contributed by atoms with E-state index in [0.717, 1.165) is 0 Å². The molecule has 2 aromatic rings. The number of halogens is 1. The zero-order valence-corrected chi connectivity index (χ0v) is 9.77. The molecule has 0 amide bonds. The van der Waals surface area contributed by atoms with E-state index in [1.54, 1.807) is 25.1 Å². The van der Waals surface area contributed by atoms with Crippen LogP contribution in [-0.2, 0) is 6.61 Å². The van der Waals surface area contributed by atoms with Crippen molar-refractivity contribution < 1.29 is 14.1 Å². The van der Waals surface area contributed by atoms with Crippen LogP contribution in [0.2, 0.25) is 5.02 Å². The van der Waals surface area contributed by atoms with Gasteiger partial charge in [-0.25, -0.2) is 0 Å². The number of aryl methyl sites for hydroxylation is 1. The van der Waals surface area contributed by atoms with E-state index < -0.39 is 0 Å². The molecule has 6 heteroatoms. The third kappa shape index (κ3) is 2.62. The lowest BCUT2D eigenvalue weighted by Gasteiger charge is -2.07. The lowest BCUT2D eigenvalue weighted by molar-refractivity contribution is 0.111. The molecule has 0 bridgehead atoms. The minimum atomic E-state index is 0.0991. The number of para-hydroxylation sites is 1. The number of nitrogens with zero attached hydrogens (tertiary/aromatic N) is 2. The number of benzene rings is 1. The lowest BCUT2D eigenvalue weighted by Crippen LogP contribution is -2.00. The molecule has 0 N–H and O–H groups in total. The molecule has 5 nitrogen and oxygen atoms in total. The number of rotatable bonds is 4. The minimum Gasteiger partial charge on any atom is -0.483 e. The Kier molecular flexibility index (Phi) is 3.39. The van der Waals surface area contributed by atoms with Crippen molar-refractivity contribution in [2.24, 2.45) is 0 Å². The second kappa shape index (κ2) is 4.97. The third-order valence-electron chi connectivity index (χ3n) is 2.04. The molecule has 1 aromatic carbocycles. The number of aldehydes is 1. The summed E-state index contributed by atoms with van der Waals surface area (Å²) in [4.78, 5) is 14.8. The molecule has 0 aliphatic carbocycles. The summed E-state index contributed by atoms with van der Waals surface area (Å²) in [5, 5.41) is 4.04. The first kappa shape index (κ1) is 11.6. The Balaban J connectivity index is 2.16. The van der Waals surface area contributed by atoms with Crippen molar-refractivity contribution >= 4 is 17.9 Å². The number of hydrogen-bond donors (Lipinski definition) is 0. The van der Waals surface area contributed by atoms with Gasteiger partial charge in [-0.1, -0.05) is 22.8 Å². The van der Waals surface area contributed by atoms with E-state index in [0.29, 0.717) is 34.3 Å². The van der Waals surface area contributed by atoms with E-state index in [4.69, 9.17) is 20.9 Å². The van der Waals surface area contributed by atoms with Gasteiger partial charge in [-0.2, -0.15) is 4.98 Å². The zero-order chi connectivity index (χ0) is 12.3. The Hall–Kier alpha value is -1.88. The highest BCUT2D eigenvalue weighted by Crippen LogP contribution is 2.27. The molecular weight excluding hydrogens is 244 g/mol. The summed E-state index contributed by atoms with van der Waals surface area (Å²) in [5.74, 6) is 1.18. The van der Waals surface area contributed by atoms with E-state index in [-0.39, 0.29) is 6.61 Å². The van der Waals surface area contributed by atoms with Gasteiger partial charge < -0.3 is 9.26 Å². The van der Waals surface area contributed by atoms with Gasteiger partial charge in [0.15, 0.2) is 12.9 Å². The largest absolute Gasteiger partial charge is 0.483 e. The van der Waals surface area contributed by atoms with E-state index in [1.165, 1.54) is 0 Å². The van der Waals surface area contributed by atoms with Crippen LogP contribution in [0.5, 0.6) is 5.75 Å². The van der Waals surface area contributed by atoms with E-state index in [9.17, 15) is 4.79 Å². The fourth-order valence-electron chi connectivity index (χ4n) is 1.31. The van der Waals surface area contributed by atoms with Gasteiger partial charge in [0.1, 0.15) is 5.75 Å². The molecule has 2 rings (SSSR count). The summed E-state index contributed by atoms with van der Waals surface area (Å²) >= 11 is 5.93. The molecule has 1 heterocycles. The summed E-state index contributed by atoms with van der Waals surface area (Å²) < 4.78 is 10.2. The summed E-state index contributed by atoms with van der Waals surface area (Å²) in [6.07, 6.45) is 0.683. The SMILES string of the molecule is Cc1nc(COc2c(Cl)cccc2C=O)no1. The van der Waals surface area contributed by atoms with Gasteiger partial charge in [0.05, 0.1) is 10.6 Å². The average Bonchev–Trinajstić information content (AvgIpc) is 2.73. The molecule has 0 unspecified atom stereocenters. The van der Waals surface area contributed by atoms with Crippen molar-refractivity contribution in [1.29, 1.82) is 0 Å². The maximum Gasteiger partial charge on any atom is 0.223 e. The van der Waals surface area contributed by atoms with Crippen molar-refractivity contribution in [2.75, 3.05) is 0 Å². The topological polar surface area (TPSA) is 65.2 Å². The summed E-state index contributed by atoms with van der Waals surface area (Å²) in [7, 11) is 0. The molecule has 0 saturated heterocycles. The maximum atomic E-state index is 10.8. The van der Waals surface area contributed by atoms with Gasteiger partial charge in [-0.3, -0.25) is 4.79 Å². The van der Waals surface area contributed by atoms with Gasteiger partial charge in [0.2, 0.25) is 11.7 Å². The Morgan fingerprint density at radius 2 is 2.35 bits per heavy atom. The highest BCUT2D eigenvalue weighted by Gasteiger charge is 2.10. The standard InChI is InChI=1S/C11H9ClN2O3/c1-7-13-10(14-17-7)6-16-11-8(5-15)3-2-4-9(11)12/h2-5H,6H2,1H3. The lowest BCUT2D eigenvalue weighted by atomic mass is 10.2. The van der Waals surface area contributed by atoms with Crippen LogP contribution in [0.15, 0.2) is 22.7 Å². The summed E-state index contributed by atoms with van der Waals surface area (Å²) in [5.41, 5.74) is 0.387. The number of aromatic nitrogens is 2. The van der Waals surface area contributed by atoms with Gasteiger partial charge >= 0.3 is 0 Å². The Morgan fingerprint density at radius 3 is 3.00 bits per heavy atom. The molecule has 88 valence electrons. The molecule has 17 heavy (non-hydrogen) atoms. The van der Waals surface area contributed by atoms with Gasteiger partial charge in [0.25, 0.3) is 0 Å². The van der Waals surface area contributed by atoms with Crippen LogP contribution >= 0.6 is 11.6 Å². The molecule has 0 aliphatic heterocycles. The van der Waals surface area contributed by atoms with Crippen molar-refractivity contribution in [3.63, 3.8) is 0 Å². The van der Waals surface area contributed by atoms with Crippen LogP contribution in [0.1, 0.15) is 22.1 Å². The van der Waals surface area contributed by atoms with Crippen LogP contribution in [-0.4, -0.2) is 16.4 Å². The number of carbonyl (C=O) groups is 1. The average molecular weight is 253 g/mol. The highest BCUT2D eigenvalue weighted by atomic mass is 35.5. The molecule has 0 aliphatic rings. The second-order valence-electron chi connectivity index (χ2n) is 3.29. The third-order valence-corrected chi connectivity index (χ3v) is 2.34. The first-order valence-corrected chi connectivity index (χ1v) is 5.24. The predicted molar refractivity (Wildman–Crippen MR) is 60.2 cm³/mol. The number of hydrogen-bond acceptors (Lipinski definition) is 5. The van der Waals surface area contributed by atoms with Gasteiger partial charge in [-0.05, 0) is 12.1 Å². The maximum absolute atomic E-state index is 10.8. The van der Waals surface area contributed by atoms with Gasteiger partial charge in [-0.15, -0.1) is 0 Å². The Morgan fingerprint density at radius 1 is 1.53 bits per heavy atom. The molecule has 0 fully saturated rings. The highest BCUT2D eigenvalue weighted by molar-refractivity contribution is 6.32. The predicted octanol–water partition coefficient (Wildman–Crippen LogP) is 2.42. The van der Waals surface area contributed by atoms with Crippen molar-refractivity contribution in [1.82, 2.24) is 10.1 Å². The number of carbonyl (C=O) groups excluding carboxylic acids is 1. The van der Waals surface area contributed by atoms with E-state index >= 15 is 0 Å². The second-order valence-corrected chi connectivity index (χ2v) is 3.70. The molecule has 0 saturated carbocycles. The van der Waals surface area contributed by atoms with Crippen LogP contribution in [0.4, 0.5) is 0 Å². The van der Waals surface area contributed by atoms with Crippen LogP contribution < -0.4 is 4.74 Å². The summed E-state index contributed by atoms with van der Waals surface area (Å²) in [6, 6.07) is 4.94. The first-order chi connectivity index (χ1) is 8.20. The Labute approximate surface area is 102 Å². The molecule has 0 spiro atoms. The molecule has 1 aromatic heterocycles. The smallest absolute Gasteiger partial charge is 0.223 e. The monoisotopic (exact) mass is 252 g/mol. The first-order valence-electron chi connectivity index (χ1n) is 4.86. The number of ether oxygens (including phenoxy) is 1. The van der Waals surface area contributed by atoms with E-state index in [2.05, 4.69) is 10.1 Å². The van der Waals surface area contributed by atoms with Crippen LogP contribution in [0, 0.1) is 6.92 Å². The fraction of sp³-hybridized carbons (Fsp3) is 0.182. The van der Waals surface area contributed by atoms with Crippen molar-refractivity contribution in [2.45, 2.75) is 13.5 Å². The zero-order valence-electron chi connectivity index (χ0n) is 9.01. The van der Waals surface area contributed by atoms with E-state index in [1.807, 2.05) is 0 Å². The quantitative estimate of drug-likeness (QED) is 0.782. The van der Waals surface area contributed by atoms with Crippen molar-refractivity contribution in [3.05, 3.63) is 40.5 Å². The van der Waals surface area contributed by atoms with Gasteiger partial charge in [0, 0.05) is 6.92 Å². The molecular formula is C11H9ClN2O3. The van der Waals surface area contributed by atoms with Crippen LogP contribution in [0.25, 0.3) is 0 Å². The fourth-order valence-corrected chi connectivity index (χ4v) is 1.54. The molecule has 0 radical (unpaired) electrons. The van der Waals surface area contributed by atoms with Crippen LogP contribution in [0.3, 0.4) is 0 Å². The normalized spacial score (nSPS) is 10.2. The summed E-state index contributed by atoms with van der Waals surface area (Å²) in [6.45, 7) is 1.78.